The van der Waals surface area contributed by atoms with Crippen molar-refractivity contribution < 1.29 is 28.6 Å². The van der Waals surface area contributed by atoms with E-state index in [1.807, 2.05) is 4.90 Å². The number of carbonyl (C=O) groups is 3. The van der Waals surface area contributed by atoms with Crippen LogP contribution < -0.4 is 14.8 Å². The van der Waals surface area contributed by atoms with Gasteiger partial charge in [-0.3, -0.25) is 24.3 Å². The lowest BCUT2D eigenvalue weighted by Gasteiger charge is -2.25. The summed E-state index contributed by atoms with van der Waals surface area (Å²) in [4.78, 5) is 43.7. The van der Waals surface area contributed by atoms with Crippen molar-refractivity contribution >= 4 is 34.4 Å². The molecule has 34 heavy (non-hydrogen) atoms. The summed E-state index contributed by atoms with van der Waals surface area (Å²) in [5.41, 5.74) is 1.36. The van der Waals surface area contributed by atoms with E-state index >= 15 is 0 Å². The molecule has 0 bridgehead atoms. The lowest BCUT2D eigenvalue weighted by molar-refractivity contribution is -0.118. The third kappa shape index (κ3) is 4.90. The van der Waals surface area contributed by atoms with E-state index in [2.05, 4.69) is 10.3 Å². The maximum absolute atomic E-state index is 13.4. The second-order valence-electron chi connectivity index (χ2n) is 7.78. The normalized spacial score (nSPS) is 13.9. The maximum atomic E-state index is 13.4. The van der Waals surface area contributed by atoms with E-state index in [1.165, 1.54) is 20.4 Å². The van der Waals surface area contributed by atoms with E-state index in [0.717, 1.165) is 0 Å². The number of morpholine rings is 1. The Kier molecular flexibility index (Phi) is 7.15. The third-order valence-corrected chi connectivity index (χ3v) is 5.64. The molecule has 2 heterocycles. The van der Waals surface area contributed by atoms with Gasteiger partial charge >= 0.3 is 0 Å². The van der Waals surface area contributed by atoms with E-state index in [-0.39, 0.29) is 23.9 Å². The van der Waals surface area contributed by atoms with Crippen molar-refractivity contribution in [3.05, 3.63) is 59.4 Å². The third-order valence-electron chi connectivity index (χ3n) is 5.64. The van der Waals surface area contributed by atoms with E-state index in [9.17, 15) is 14.4 Å². The Hall–Kier alpha value is -3.82. The zero-order valence-corrected chi connectivity index (χ0v) is 19.0. The van der Waals surface area contributed by atoms with Crippen molar-refractivity contribution in [2.45, 2.75) is 0 Å². The molecule has 1 amide bonds. The molecule has 1 saturated heterocycles. The number of carbonyl (C=O) groups excluding carboxylic acids is 3. The number of hydrogen-bond acceptors (Lipinski definition) is 8. The summed E-state index contributed by atoms with van der Waals surface area (Å²) in [6, 6.07) is 9.98. The first-order valence-corrected chi connectivity index (χ1v) is 10.8. The van der Waals surface area contributed by atoms with Gasteiger partial charge in [-0.05, 0) is 29.7 Å². The smallest absolute Gasteiger partial charge is 0.238 e. The van der Waals surface area contributed by atoms with Crippen LogP contribution in [0.5, 0.6) is 11.5 Å². The van der Waals surface area contributed by atoms with Crippen LogP contribution in [0.4, 0.5) is 5.69 Å². The number of fused-ring (bicyclic) bond motifs is 1. The lowest BCUT2D eigenvalue weighted by Crippen LogP contribution is -2.41. The van der Waals surface area contributed by atoms with Crippen molar-refractivity contribution in [1.29, 1.82) is 0 Å². The van der Waals surface area contributed by atoms with Crippen LogP contribution in [0.2, 0.25) is 0 Å². The van der Waals surface area contributed by atoms with Gasteiger partial charge in [-0.15, -0.1) is 0 Å². The molecule has 1 aromatic heterocycles. The number of hydrogen-bond donors (Lipinski definition) is 1. The largest absolute Gasteiger partial charge is 0.493 e. The first-order valence-electron chi connectivity index (χ1n) is 10.8. The van der Waals surface area contributed by atoms with Crippen LogP contribution in [0.3, 0.4) is 0 Å². The Morgan fingerprint density at radius 2 is 1.79 bits per heavy atom. The number of amides is 1. The van der Waals surface area contributed by atoms with E-state index in [4.69, 9.17) is 14.2 Å². The van der Waals surface area contributed by atoms with Gasteiger partial charge in [0.25, 0.3) is 0 Å². The summed E-state index contributed by atoms with van der Waals surface area (Å²) in [7, 11) is 2.99. The van der Waals surface area contributed by atoms with Crippen LogP contribution in [0.15, 0.2) is 42.6 Å². The van der Waals surface area contributed by atoms with Crippen molar-refractivity contribution in [2.75, 3.05) is 52.4 Å². The number of aromatic nitrogens is 1. The summed E-state index contributed by atoms with van der Waals surface area (Å²) in [5.74, 6) is 0.340. The molecule has 1 aliphatic rings. The Bertz CT molecular complexity index is 1240. The van der Waals surface area contributed by atoms with Gasteiger partial charge < -0.3 is 19.5 Å². The summed E-state index contributed by atoms with van der Waals surface area (Å²) >= 11 is 0. The number of benzene rings is 2. The fourth-order valence-electron chi connectivity index (χ4n) is 3.90. The average molecular weight is 463 g/mol. The van der Waals surface area contributed by atoms with Crippen LogP contribution in [0, 0.1) is 0 Å². The molecule has 0 saturated carbocycles. The quantitative estimate of drug-likeness (QED) is 0.401. The van der Waals surface area contributed by atoms with Gasteiger partial charge in [0.2, 0.25) is 11.7 Å². The zero-order valence-electron chi connectivity index (χ0n) is 19.0. The lowest BCUT2D eigenvalue weighted by atomic mass is 9.99. The summed E-state index contributed by atoms with van der Waals surface area (Å²) in [6.07, 6.45) is 2.04. The number of methoxy groups -OCH3 is 2. The second kappa shape index (κ2) is 10.4. The van der Waals surface area contributed by atoms with Crippen LogP contribution in [0.1, 0.15) is 26.4 Å². The summed E-state index contributed by atoms with van der Waals surface area (Å²) < 4.78 is 16.0. The number of ether oxygens (including phenoxy) is 3. The number of pyridine rings is 1. The van der Waals surface area contributed by atoms with Gasteiger partial charge in [0.15, 0.2) is 17.8 Å². The van der Waals surface area contributed by atoms with Crippen LogP contribution in [-0.2, 0) is 9.53 Å². The monoisotopic (exact) mass is 463 g/mol. The van der Waals surface area contributed by atoms with Gasteiger partial charge in [0.05, 0.1) is 34.0 Å². The molecule has 0 radical (unpaired) electrons. The molecule has 1 N–H and O–H groups in total. The molecule has 0 unspecified atom stereocenters. The fraction of sp³-hybridized carbons (Fsp3) is 0.280. The first kappa shape index (κ1) is 23.3. The average Bonchev–Trinajstić information content (AvgIpc) is 2.87. The number of anilines is 1. The van der Waals surface area contributed by atoms with Gasteiger partial charge in [0.1, 0.15) is 5.69 Å². The predicted molar refractivity (Wildman–Crippen MR) is 126 cm³/mol. The van der Waals surface area contributed by atoms with Crippen molar-refractivity contribution in [3.8, 4) is 11.5 Å². The molecule has 3 aromatic rings. The highest BCUT2D eigenvalue weighted by Crippen LogP contribution is 2.35. The molecule has 1 aliphatic heterocycles. The maximum Gasteiger partial charge on any atom is 0.238 e. The van der Waals surface area contributed by atoms with Gasteiger partial charge in [-0.25, -0.2) is 0 Å². The van der Waals surface area contributed by atoms with E-state index in [0.29, 0.717) is 71.7 Å². The molecule has 9 nitrogen and oxygen atoms in total. The topological polar surface area (TPSA) is 107 Å². The Labute approximate surface area is 196 Å². The molecule has 0 aliphatic carbocycles. The number of aldehydes is 1. The minimum Gasteiger partial charge on any atom is -0.493 e. The van der Waals surface area contributed by atoms with Gasteiger partial charge in [-0.1, -0.05) is 12.1 Å². The molecule has 0 spiro atoms. The van der Waals surface area contributed by atoms with Gasteiger partial charge in [-0.2, -0.15) is 0 Å². The van der Waals surface area contributed by atoms with Crippen molar-refractivity contribution in [3.63, 3.8) is 0 Å². The number of nitrogens with zero attached hydrogens (tertiary/aromatic N) is 2. The minimum atomic E-state index is -0.348. The highest BCUT2D eigenvalue weighted by molar-refractivity contribution is 6.17. The fourth-order valence-corrected chi connectivity index (χ4v) is 3.90. The highest BCUT2D eigenvalue weighted by Gasteiger charge is 2.20. The molecule has 4 rings (SSSR count). The SMILES string of the molecule is COc1cc2c(C=O)cnc(C(=O)c3cccc(NC(=O)CN4CCOCC4)c3)c2cc1OC. The first-order chi connectivity index (χ1) is 16.5. The minimum absolute atomic E-state index is 0.165. The predicted octanol–water partition coefficient (Wildman–Crippen LogP) is 2.57. The highest BCUT2D eigenvalue weighted by atomic mass is 16.5. The Morgan fingerprint density at radius 3 is 2.47 bits per heavy atom. The van der Waals surface area contributed by atoms with Crippen LogP contribution >= 0.6 is 0 Å². The van der Waals surface area contributed by atoms with Crippen LogP contribution in [0.25, 0.3) is 10.8 Å². The molecular formula is C25H25N3O6. The zero-order chi connectivity index (χ0) is 24.1. The second-order valence-corrected chi connectivity index (χ2v) is 7.78. The molecule has 1 fully saturated rings. The van der Waals surface area contributed by atoms with Crippen LogP contribution in [-0.4, -0.2) is 74.9 Å². The number of ketones is 1. The van der Waals surface area contributed by atoms with Gasteiger partial charge in [0, 0.05) is 41.5 Å². The standard InChI is InChI=1S/C25H25N3O6/c1-32-21-11-19-17(15-29)13-26-24(20(19)12-22(21)33-2)25(31)16-4-3-5-18(10-16)27-23(30)14-28-6-8-34-9-7-28/h3-5,10-13,15H,6-9,14H2,1-2H3,(H,27,30). The van der Waals surface area contributed by atoms with E-state index < -0.39 is 0 Å². The molecule has 0 atom stereocenters. The summed E-state index contributed by atoms with van der Waals surface area (Å²) in [5, 5.41) is 3.84. The van der Waals surface area contributed by atoms with E-state index in [1.54, 1.807) is 36.4 Å². The summed E-state index contributed by atoms with van der Waals surface area (Å²) in [6.45, 7) is 2.88. The molecular weight excluding hydrogens is 438 g/mol. The molecule has 2 aromatic carbocycles. The molecule has 176 valence electrons. The Morgan fingerprint density at radius 1 is 1.09 bits per heavy atom. The molecule has 9 heteroatoms. The van der Waals surface area contributed by atoms with Crippen molar-refractivity contribution in [1.82, 2.24) is 9.88 Å². The number of rotatable bonds is 8. The Balaban J connectivity index is 1.63. The number of nitrogens with one attached hydrogen (secondary N) is 1. The van der Waals surface area contributed by atoms with Crippen molar-refractivity contribution in [2.24, 2.45) is 0 Å².